The Labute approximate surface area is 208 Å². The van der Waals surface area contributed by atoms with Gasteiger partial charge in [0.2, 0.25) is 0 Å². The molecule has 0 heterocycles. The summed E-state index contributed by atoms with van der Waals surface area (Å²) in [4.78, 5) is 24.5. The summed E-state index contributed by atoms with van der Waals surface area (Å²) in [5.74, 6) is 1.23. The predicted molar refractivity (Wildman–Crippen MR) is 137 cm³/mol. The summed E-state index contributed by atoms with van der Waals surface area (Å²) >= 11 is 0. The molecule has 0 spiro atoms. The van der Waals surface area contributed by atoms with Gasteiger partial charge in [-0.25, -0.2) is 0 Å². The minimum Gasteiger partial charge on any atom is -0.493 e. The zero-order valence-corrected chi connectivity index (χ0v) is 21.0. The molecule has 0 fully saturated rings. The lowest BCUT2D eigenvalue weighted by Gasteiger charge is -2.17. The standard InChI is InChI=1S/C30H34O5/c1-5-23-11-15-28(27(18-23)30(32)25-9-7-6-8-10-25)35-20-21(2)19-34-26-14-12-24(22(3)17-26)13-16-29(31)33-4/h6-12,14-15,17-18,21H,5,13,16,19-20H2,1-4H3. The normalized spacial score (nSPS) is 11.5. The average molecular weight is 475 g/mol. The van der Waals surface area contributed by atoms with Crippen LogP contribution in [0.15, 0.2) is 66.7 Å². The van der Waals surface area contributed by atoms with Gasteiger partial charge in [-0.2, -0.15) is 0 Å². The van der Waals surface area contributed by atoms with Gasteiger partial charge in [0.1, 0.15) is 11.5 Å². The molecule has 0 saturated heterocycles. The van der Waals surface area contributed by atoms with Gasteiger partial charge in [-0.15, -0.1) is 0 Å². The first-order valence-electron chi connectivity index (χ1n) is 12.1. The van der Waals surface area contributed by atoms with Crippen LogP contribution in [0.4, 0.5) is 0 Å². The van der Waals surface area contributed by atoms with E-state index in [0.29, 0.717) is 42.9 Å². The van der Waals surface area contributed by atoms with Crippen molar-refractivity contribution in [3.8, 4) is 11.5 Å². The van der Waals surface area contributed by atoms with Gasteiger partial charge in [-0.05, 0) is 60.7 Å². The van der Waals surface area contributed by atoms with Crippen molar-refractivity contribution in [3.05, 3.63) is 94.5 Å². The molecular formula is C30H34O5. The Morgan fingerprint density at radius 3 is 2.34 bits per heavy atom. The fourth-order valence-electron chi connectivity index (χ4n) is 3.74. The number of carbonyl (C=O) groups excluding carboxylic acids is 2. The van der Waals surface area contributed by atoms with Crippen molar-refractivity contribution >= 4 is 11.8 Å². The first kappa shape index (κ1) is 26.0. The fourth-order valence-corrected chi connectivity index (χ4v) is 3.74. The number of rotatable bonds is 12. The van der Waals surface area contributed by atoms with E-state index in [1.807, 2.05) is 73.7 Å². The van der Waals surface area contributed by atoms with Crippen LogP contribution in [-0.4, -0.2) is 32.1 Å². The third kappa shape index (κ3) is 7.44. The Kier molecular flexibility index (Phi) is 9.47. The van der Waals surface area contributed by atoms with Crippen LogP contribution in [0.1, 0.15) is 52.9 Å². The van der Waals surface area contributed by atoms with Gasteiger partial charge >= 0.3 is 5.97 Å². The monoisotopic (exact) mass is 474 g/mol. The Balaban J connectivity index is 1.59. The van der Waals surface area contributed by atoms with Crippen LogP contribution >= 0.6 is 0 Å². The molecule has 0 aromatic heterocycles. The van der Waals surface area contributed by atoms with Gasteiger partial charge in [-0.3, -0.25) is 9.59 Å². The highest BCUT2D eigenvalue weighted by molar-refractivity contribution is 6.10. The highest BCUT2D eigenvalue weighted by Gasteiger charge is 2.16. The SMILES string of the molecule is CCc1ccc(OCC(C)COc2ccc(CCC(=O)OC)c(C)c2)c(C(=O)c2ccccc2)c1. The molecule has 0 radical (unpaired) electrons. The molecule has 0 bridgehead atoms. The van der Waals surface area contributed by atoms with Gasteiger partial charge in [0, 0.05) is 17.9 Å². The number of carbonyl (C=O) groups is 2. The summed E-state index contributed by atoms with van der Waals surface area (Å²) in [6.45, 7) is 7.04. The van der Waals surface area contributed by atoms with E-state index in [1.165, 1.54) is 7.11 Å². The van der Waals surface area contributed by atoms with Crippen molar-refractivity contribution < 1.29 is 23.8 Å². The van der Waals surface area contributed by atoms with Crippen LogP contribution in [0.25, 0.3) is 0 Å². The van der Waals surface area contributed by atoms with E-state index in [2.05, 4.69) is 13.8 Å². The highest BCUT2D eigenvalue weighted by Crippen LogP contribution is 2.25. The van der Waals surface area contributed by atoms with Crippen LogP contribution < -0.4 is 9.47 Å². The summed E-state index contributed by atoms with van der Waals surface area (Å²) in [6.07, 6.45) is 1.85. The molecule has 0 aliphatic rings. The molecule has 5 nitrogen and oxygen atoms in total. The number of ketones is 1. The number of ether oxygens (including phenoxy) is 3. The molecule has 3 aromatic rings. The van der Waals surface area contributed by atoms with Crippen LogP contribution in [0.2, 0.25) is 0 Å². The lowest BCUT2D eigenvalue weighted by atomic mass is 9.99. The quantitative estimate of drug-likeness (QED) is 0.238. The maximum Gasteiger partial charge on any atom is 0.305 e. The smallest absolute Gasteiger partial charge is 0.305 e. The average Bonchev–Trinajstić information content (AvgIpc) is 2.89. The summed E-state index contributed by atoms with van der Waals surface area (Å²) < 4.78 is 16.8. The van der Waals surface area contributed by atoms with Crippen LogP contribution in [0.3, 0.4) is 0 Å². The summed E-state index contributed by atoms with van der Waals surface area (Å²) in [7, 11) is 1.40. The number of esters is 1. The van der Waals surface area contributed by atoms with Crippen molar-refractivity contribution in [2.45, 2.75) is 40.0 Å². The minimum atomic E-state index is -0.212. The van der Waals surface area contributed by atoms with Gasteiger partial charge in [0.05, 0.1) is 25.9 Å². The molecule has 184 valence electrons. The summed E-state index contributed by atoms with van der Waals surface area (Å²) in [5.41, 5.74) is 4.51. The molecule has 3 rings (SSSR count). The number of aryl methyl sites for hydroxylation is 3. The van der Waals surface area contributed by atoms with Gasteiger partial charge in [-0.1, -0.05) is 56.3 Å². The molecule has 3 aromatic carbocycles. The van der Waals surface area contributed by atoms with E-state index in [0.717, 1.165) is 28.9 Å². The number of hydrogen-bond acceptors (Lipinski definition) is 5. The van der Waals surface area contributed by atoms with Gasteiger partial charge in [0.15, 0.2) is 5.78 Å². The zero-order chi connectivity index (χ0) is 25.2. The molecule has 0 aliphatic carbocycles. The van der Waals surface area contributed by atoms with Crippen molar-refractivity contribution in [1.29, 1.82) is 0 Å². The predicted octanol–water partition coefficient (Wildman–Crippen LogP) is 5.99. The van der Waals surface area contributed by atoms with Crippen molar-refractivity contribution in [1.82, 2.24) is 0 Å². The molecule has 35 heavy (non-hydrogen) atoms. The number of hydrogen-bond donors (Lipinski definition) is 0. The van der Waals surface area contributed by atoms with E-state index < -0.39 is 0 Å². The molecular weight excluding hydrogens is 440 g/mol. The molecule has 0 saturated carbocycles. The Morgan fingerprint density at radius 2 is 1.66 bits per heavy atom. The second-order valence-corrected chi connectivity index (χ2v) is 8.77. The second kappa shape index (κ2) is 12.7. The van der Waals surface area contributed by atoms with E-state index in [-0.39, 0.29) is 17.7 Å². The fraction of sp³-hybridized carbons (Fsp3) is 0.333. The lowest BCUT2D eigenvalue weighted by Crippen LogP contribution is -2.18. The van der Waals surface area contributed by atoms with E-state index in [1.54, 1.807) is 0 Å². The maximum atomic E-state index is 13.1. The lowest BCUT2D eigenvalue weighted by molar-refractivity contribution is -0.140. The minimum absolute atomic E-state index is 0.0393. The topological polar surface area (TPSA) is 61.8 Å². The van der Waals surface area contributed by atoms with Crippen molar-refractivity contribution in [2.24, 2.45) is 5.92 Å². The summed E-state index contributed by atoms with van der Waals surface area (Å²) in [5, 5.41) is 0. The van der Waals surface area contributed by atoms with E-state index in [4.69, 9.17) is 14.2 Å². The Hall–Kier alpha value is -3.60. The molecule has 5 heteroatoms. The largest absolute Gasteiger partial charge is 0.493 e. The molecule has 1 unspecified atom stereocenters. The maximum absolute atomic E-state index is 13.1. The van der Waals surface area contributed by atoms with Crippen LogP contribution in [0.5, 0.6) is 11.5 Å². The van der Waals surface area contributed by atoms with Crippen LogP contribution in [-0.2, 0) is 22.4 Å². The second-order valence-electron chi connectivity index (χ2n) is 8.77. The third-order valence-electron chi connectivity index (χ3n) is 5.93. The van der Waals surface area contributed by atoms with Crippen molar-refractivity contribution in [3.63, 3.8) is 0 Å². The molecule has 0 N–H and O–H groups in total. The molecule has 0 amide bonds. The zero-order valence-electron chi connectivity index (χ0n) is 21.0. The van der Waals surface area contributed by atoms with E-state index >= 15 is 0 Å². The number of methoxy groups -OCH3 is 1. The Bertz CT molecular complexity index is 1140. The summed E-state index contributed by atoms with van der Waals surface area (Å²) in [6, 6.07) is 21.0. The van der Waals surface area contributed by atoms with Gasteiger partial charge in [0.25, 0.3) is 0 Å². The first-order chi connectivity index (χ1) is 16.9. The number of benzene rings is 3. The molecule has 1 atom stereocenters. The highest BCUT2D eigenvalue weighted by atomic mass is 16.5. The third-order valence-corrected chi connectivity index (χ3v) is 5.93. The first-order valence-corrected chi connectivity index (χ1v) is 12.1. The van der Waals surface area contributed by atoms with Crippen LogP contribution in [0, 0.1) is 12.8 Å². The Morgan fingerprint density at radius 1 is 0.914 bits per heavy atom. The van der Waals surface area contributed by atoms with Crippen molar-refractivity contribution in [2.75, 3.05) is 20.3 Å². The molecule has 0 aliphatic heterocycles. The van der Waals surface area contributed by atoms with E-state index in [9.17, 15) is 9.59 Å². The van der Waals surface area contributed by atoms with Gasteiger partial charge < -0.3 is 14.2 Å².